The Hall–Kier alpha value is -2.90. The van der Waals surface area contributed by atoms with Gasteiger partial charge in [-0.15, -0.1) is 0 Å². The topological polar surface area (TPSA) is 111 Å². The summed E-state index contributed by atoms with van der Waals surface area (Å²) in [5.41, 5.74) is 2.06. The minimum absolute atomic E-state index is 0.0366. The number of hydrogen-bond donors (Lipinski definition) is 1. The van der Waals surface area contributed by atoms with E-state index in [1.165, 1.54) is 23.8 Å². The second-order valence-electron chi connectivity index (χ2n) is 5.77. The van der Waals surface area contributed by atoms with Crippen LogP contribution in [0, 0.1) is 6.92 Å². The number of H-pyrrole nitrogens is 1. The number of nitrogens with one attached hydrogen (secondary N) is 1. The first-order valence-electron chi connectivity index (χ1n) is 7.88. The van der Waals surface area contributed by atoms with E-state index in [2.05, 4.69) is 10.3 Å². The zero-order chi connectivity index (χ0) is 19.1. The van der Waals surface area contributed by atoms with Crippen molar-refractivity contribution in [3.63, 3.8) is 0 Å². The standard InChI is InChI=1S/C17H17N3O5S/c1-4-20-17(22)13(8-18-20)12-5-6-15-16(10(12)2)14(19-25-3)7-11(9-21)26(15,23)24/h5-6,8,18H,4,7H2,1-3H3. The van der Waals surface area contributed by atoms with Gasteiger partial charge in [0.05, 0.1) is 16.2 Å². The van der Waals surface area contributed by atoms with Gasteiger partial charge in [0.25, 0.3) is 5.56 Å². The van der Waals surface area contributed by atoms with E-state index in [4.69, 9.17) is 4.84 Å². The molecule has 0 radical (unpaired) electrons. The molecule has 9 heteroatoms. The summed E-state index contributed by atoms with van der Waals surface area (Å²) < 4.78 is 26.7. The summed E-state index contributed by atoms with van der Waals surface area (Å²) >= 11 is 0. The highest BCUT2D eigenvalue weighted by Gasteiger charge is 2.36. The Balaban J connectivity index is 2.35. The minimum Gasteiger partial charge on any atom is -0.399 e. The summed E-state index contributed by atoms with van der Waals surface area (Å²) in [6.07, 6.45) is 1.38. The van der Waals surface area contributed by atoms with Crippen molar-refractivity contribution in [2.45, 2.75) is 31.7 Å². The number of hydrogen-bond acceptors (Lipinski definition) is 6. The van der Waals surface area contributed by atoms with Crippen molar-refractivity contribution < 1.29 is 18.0 Å². The molecule has 1 aromatic heterocycles. The third-order valence-electron chi connectivity index (χ3n) is 4.42. The molecule has 3 rings (SSSR count). The van der Waals surface area contributed by atoms with Crippen molar-refractivity contribution in [2.24, 2.45) is 5.16 Å². The number of aromatic nitrogens is 2. The molecular weight excluding hydrogens is 358 g/mol. The molecule has 0 aliphatic carbocycles. The molecule has 0 unspecified atom stereocenters. The number of benzene rings is 1. The van der Waals surface area contributed by atoms with Gasteiger partial charge in [-0.25, -0.2) is 13.2 Å². The van der Waals surface area contributed by atoms with Crippen LogP contribution in [0.5, 0.6) is 0 Å². The number of aryl methyl sites for hydroxylation is 1. The second-order valence-corrected chi connectivity index (χ2v) is 7.71. The van der Waals surface area contributed by atoms with E-state index < -0.39 is 9.84 Å². The second kappa shape index (κ2) is 6.44. The lowest BCUT2D eigenvalue weighted by Gasteiger charge is -2.21. The van der Waals surface area contributed by atoms with E-state index in [-0.39, 0.29) is 21.8 Å². The fourth-order valence-electron chi connectivity index (χ4n) is 3.14. The quantitative estimate of drug-likeness (QED) is 0.644. The van der Waals surface area contributed by atoms with E-state index in [9.17, 15) is 18.0 Å². The molecule has 0 amide bonds. The summed E-state index contributed by atoms with van der Waals surface area (Å²) in [6, 6.07) is 2.95. The fourth-order valence-corrected chi connectivity index (χ4v) is 4.63. The first-order valence-corrected chi connectivity index (χ1v) is 9.36. The van der Waals surface area contributed by atoms with E-state index >= 15 is 0 Å². The Morgan fingerprint density at radius 3 is 2.65 bits per heavy atom. The normalized spacial score (nSPS) is 17.0. The lowest BCUT2D eigenvalue weighted by atomic mass is 9.94. The largest absolute Gasteiger partial charge is 0.399 e. The molecule has 1 aliphatic heterocycles. The van der Waals surface area contributed by atoms with Gasteiger partial charge in [-0.3, -0.25) is 9.48 Å². The molecule has 2 heterocycles. The zero-order valence-corrected chi connectivity index (χ0v) is 15.3. The van der Waals surface area contributed by atoms with Crippen LogP contribution in [0.4, 0.5) is 0 Å². The fraction of sp³-hybridized carbons (Fsp3) is 0.294. The van der Waals surface area contributed by atoms with Crippen LogP contribution in [0.15, 0.2) is 38.1 Å². The number of allylic oxidation sites excluding steroid dienone is 1. The molecule has 2 aromatic rings. The van der Waals surface area contributed by atoms with Crippen molar-refractivity contribution >= 4 is 21.5 Å². The molecule has 0 saturated carbocycles. The predicted octanol–water partition coefficient (Wildman–Crippen LogP) is 1.42. The van der Waals surface area contributed by atoms with E-state index in [1.54, 1.807) is 19.2 Å². The van der Waals surface area contributed by atoms with Crippen LogP contribution in [-0.4, -0.2) is 37.0 Å². The van der Waals surface area contributed by atoms with Gasteiger partial charge in [0.15, 0.2) is 0 Å². The monoisotopic (exact) mass is 375 g/mol. The van der Waals surface area contributed by atoms with Crippen LogP contribution in [0.2, 0.25) is 0 Å². The van der Waals surface area contributed by atoms with Gasteiger partial charge in [-0.05, 0) is 31.0 Å². The van der Waals surface area contributed by atoms with Crippen LogP contribution in [0.25, 0.3) is 11.1 Å². The summed E-state index contributed by atoms with van der Waals surface area (Å²) in [5.74, 6) is 1.49. The first kappa shape index (κ1) is 17.9. The van der Waals surface area contributed by atoms with Gasteiger partial charge in [0, 0.05) is 24.7 Å². The highest BCUT2D eigenvalue weighted by atomic mass is 32.2. The molecule has 1 N–H and O–H groups in total. The maximum absolute atomic E-state index is 12.6. The average molecular weight is 375 g/mol. The molecule has 1 aliphatic rings. The zero-order valence-electron chi connectivity index (χ0n) is 14.5. The average Bonchev–Trinajstić information content (AvgIpc) is 2.98. The molecular formula is C17H17N3O5S. The van der Waals surface area contributed by atoms with Crippen LogP contribution in [0.3, 0.4) is 0 Å². The molecule has 0 spiro atoms. The maximum atomic E-state index is 12.6. The van der Waals surface area contributed by atoms with Gasteiger partial charge in [-0.1, -0.05) is 11.2 Å². The minimum atomic E-state index is -3.95. The van der Waals surface area contributed by atoms with Crippen molar-refractivity contribution in [3.8, 4) is 11.1 Å². The van der Waals surface area contributed by atoms with Crippen LogP contribution in [-0.2, 0) is 26.0 Å². The van der Waals surface area contributed by atoms with Gasteiger partial charge in [0.2, 0.25) is 9.84 Å². The number of rotatable bonds is 3. The SMILES string of the molecule is CCn1[nH]cc(-c2ccc3c(c2C)C(=NOC)CC(=C=O)S3(=O)=O)c1=O. The van der Waals surface area contributed by atoms with Gasteiger partial charge in [0.1, 0.15) is 18.0 Å². The van der Waals surface area contributed by atoms with E-state index in [0.29, 0.717) is 34.5 Å². The van der Waals surface area contributed by atoms with Crippen LogP contribution in [0.1, 0.15) is 24.5 Å². The molecule has 136 valence electrons. The predicted molar refractivity (Wildman–Crippen MR) is 95.5 cm³/mol. The van der Waals surface area contributed by atoms with E-state index in [0.717, 1.165) is 0 Å². The van der Waals surface area contributed by atoms with Crippen LogP contribution < -0.4 is 5.56 Å². The Bertz CT molecular complexity index is 1130. The lowest BCUT2D eigenvalue weighted by Crippen LogP contribution is -2.23. The van der Waals surface area contributed by atoms with Gasteiger partial charge >= 0.3 is 0 Å². The Morgan fingerprint density at radius 1 is 1.35 bits per heavy atom. The number of sulfone groups is 1. The summed E-state index contributed by atoms with van der Waals surface area (Å²) in [7, 11) is -2.61. The molecule has 8 nitrogen and oxygen atoms in total. The third kappa shape index (κ3) is 2.53. The van der Waals surface area contributed by atoms with Crippen LogP contribution >= 0.6 is 0 Å². The number of aromatic amines is 1. The summed E-state index contributed by atoms with van der Waals surface area (Å²) in [4.78, 5) is 28.0. The Morgan fingerprint density at radius 2 is 2.08 bits per heavy atom. The Labute approximate surface area is 149 Å². The number of carbonyl (C=O) groups excluding carboxylic acids is 1. The van der Waals surface area contributed by atoms with Crippen molar-refractivity contribution in [2.75, 3.05) is 7.11 Å². The first-order chi connectivity index (χ1) is 12.4. The molecule has 0 bridgehead atoms. The third-order valence-corrected chi connectivity index (χ3v) is 6.21. The van der Waals surface area contributed by atoms with Crippen molar-refractivity contribution in [3.05, 3.63) is 44.7 Å². The molecule has 0 saturated heterocycles. The highest BCUT2D eigenvalue weighted by molar-refractivity contribution is 7.95. The highest BCUT2D eigenvalue weighted by Crippen LogP contribution is 2.37. The maximum Gasteiger partial charge on any atom is 0.274 e. The number of oxime groups is 1. The molecule has 0 fully saturated rings. The van der Waals surface area contributed by atoms with Crippen molar-refractivity contribution in [1.82, 2.24) is 9.78 Å². The Kier molecular flexibility index (Phi) is 4.43. The number of nitrogens with zero attached hydrogens (tertiary/aromatic N) is 2. The van der Waals surface area contributed by atoms with Gasteiger partial charge in [-0.2, -0.15) is 0 Å². The molecule has 0 atom stereocenters. The lowest BCUT2D eigenvalue weighted by molar-refractivity contribution is 0.213. The van der Waals surface area contributed by atoms with Crippen molar-refractivity contribution in [1.29, 1.82) is 0 Å². The smallest absolute Gasteiger partial charge is 0.274 e. The van der Waals surface area contributed by atoms with E-state index in [1.807, 2.05) is 6.92 Å². The summed E-state index contributed by atoms with van der Waals surface area (Å²) in [5, 5.41) is 6.76. The van der Waals surface area contributed by atoms with Gasteiger partial charge < -0.3 is 9.94 Å². The molecule has 26 heavy (non-hydrogen) atoms. The number of fused-ring (bicyclic) bond motifs is 1. The molecule has 1 aromatic carbocycles. The summed E-state index contributed by atoms with van der Waals surface area (Å²) in [6.45, 7) is 4.04.